The molecule has 2 rings (SSSR count). The van der Waals surface area contributed by atoms with Crippen molar-refractivity contribution in [1.82, 2.24) is 21.4 Å². The third kappa shape index (κ3) is 16.5. The maximum atomic E-state index is 12.0. The molecular formula is C25H47N5O9S. The Balaban J connectivity index is 1.21. The number of rotatable bonds is 26. The van der Waals surface area contributed by atoms with Gasteiger partial charge in [-0.05, 0) is 12.8 Å². The first kappa shape index (κ1) is 34.5. The minimum atomic E-state index is -0.261. The van der Waals surface area contributed by atoms with Crippen LogP contribution < -0.4 is 27.2 Å². The van der Waals surface area contributed by atoms with Gasteiger partial charge in [-0.2, -0.15) is 11.8 Å². The number of carbonyl (C=O) groups is 3. The molecule has 2 heterocycles. The fourth-order valence-electron chi connectivity index (χ4n) is 4.06. The SMILES string of the molecule is NNC(=O)CCOCCOCCOCCOCCOCCOCCNC(=O)CCCC[C@@H]1SC[C@@H]2NC(=O)N[C@@H]21. The molecule has 0 aliphatic carbocycles. The lowest BCUT2D eigenvalue weighted by molar-refractivity contribution is -0.122. The molecule has 15 heteroatoms. The van der Waals surface area contributed by atoms with Gasteiger partial charge in [0, 0.05) is 24.0 Å². The molecule has 232 valence electrons. The zero-order valence-corrected chi connectivity index (χ0v) is 24.1. The summed E-state index contributed by atoms with van der Waals surface area (Å²) in [4.78, 5) is 34.3. The number of nitrogens with one attached hydrogen (secondary N) is 4. The van der Waals surface area contributed by atoms with Crippen molar-refractivity contribution in [3.05, 3.63) is 0 Å². The zero-order valence-electron chi connectivity index (χ0n) is 23.3. The molecule has 2 fully saturated rings. The Labute approximate surface area is 240 Å². The van der Waals surface area contributed by atoms with Crippen LogP contribution in [0.2, 0.25) is 0 Å². The van der Waals surface area contributed by atoms with Crippen LogP contribution in [0.1, 0.15) is 32.1 Å². The van der Waals surface area contributed by atoms with E-state index in [1.165, 1.54) is 0 Å². The van der Waals surface area contributed by atoms with Gasteiger partial charge in [0.05, 0.1) is 97.8 Å². The second-order valence-electron chi connectivity index (χ2n) is 9.21. The molecule has 0 aromatic carbocycles. The van der Waals surface area contributed by atoms with Crippen molar-refractivity contribution < 1.29 is 42.8 Å². The van der Waals surface area contributed by atoms with Gasteiger partial charge in [0.25, 0.3) is 0 Å². The summed E-state index contributed by atoms with van der Waals surface area (Å²) < 4.78 is 32.4. The minimum Gasteiger partial charge on any atom is -0.379 e. The molecule has 4 amide bonds. The van der Waals surface area contributed by atoms with Crippen LogP contribution in [0.25, 0.3) is 0 Å². The fourth-order valence-corrected chi connectivity index (χ4v) is 5.61. The van der Waals surface area contributed by atoms with Crippen molar-refractivity contribution in [3.8, 4) is 0 Å². The molecule has 0 radical (unpaired) electrons. The average Bonchev–Trinajstić information content (AvgIpc) is 3.50. The first-order valence-corrected chi connectivity index (χ1v) is 15.1. The topological polar surface area (TPSA) is 181 Å². The standard InChI is InChI=1S/C25H47N5O9S/c26-30-23(32)5-7-34-9-11-36-13-15-38-17-18-39-16-14-37-12-10-35-8-6-27-22(31)4-2-1-3-21-24-20(19-40-21)28-25(33)29-24/h20-21,24H,1-19,26H2,(H,27,31)(H,30,32)(H2,28,29,33)/t20-,21-,24-/m0/s1. The number of amides is 4. The molecule has 40 heavy (non-hydrogen) atoms. The van der Waals surface area contributed by atoms with Crippen LogP contribution in [0.5, 0.6) is 0 Å². The Hall–Kier alpha value is -1.72. The van der Waals surface area contributed by atoms with Crippen LogP contribution in [0, 0.1) is 0 Å². The summed E-state index contributed by atoms with van der Waals surface area (Å²) in [6, 6.07) is 0.408. The Morgan fingerprint density at radius 2 is 1.30 bits per heavy atom. The normalized spacial score (nSPS) is 19.7. The van der Waals surface area contributed by atoms with E-state index in [1.54, 1.807) is 0 Å². The zero-order chi connectivity index (χ0) is 28.7. The Bertz CT molecular complexity index is 710. The van der Waals surface area contributed by atoms with Gasteiger partial charge in [-0.1, -0.05) is 6.42 Å². The number of hydrazine groups is 1. The van der Waals surface area contributed by atoms with Crippen LogP contribution in [0.15, 0.2) is 0 Å². The highest BCUT2D eigenvalue weighted by Crippen LogP contribution is 2.33. The quantitative estimate of drug-likeness (QED) is 0.0282. The molecule has 2 saturated heterocycles. The monoisotopic (exact) mass is 593 g/mol. The number of nitrogens with two attached hydrogens (primary N) is 1. The van der Waals surface area contributed by atoms with Crippen LogP contribution in [-0.4, -0.2) is 127 Å². The summed E-state index contributed by atoms with van der Waals surface area (Å²) in [5.41, 5.74) is 2.04. The van der Waals surface area contributed by atoms with E-state index in [0.717, 1.165) is 25.0 Å². The second kappa shape index (κ2) is 22.9. The summed E-state index contributed by atoms with van der Waals surface area (Å²) >= 11 is 1.90. The molecule has 0 unspecified atom stereocenters. The number of ether oxygens (including phenoxy) is 6. The molecule has 3 atom stereocenters. The number of hydrogen-bond acceptors (Lipinski definition) is 11. The third-order valence-electron chi connectivity index (χ3n) is 6.14. The molecule has 2 aliphatic heterocycles. The Morgan fingerprint density at radius 3 is 1.88 bits per heavy atom. The molecular weight excluding hydrogens is 546 g/mol. The van der Waals surface area contributed by atoms with Gasteiger partial charge in [-0.3, -0.25) is 15.0 Å². The van der Waals surface area contributed by atoms with Crippen LogP contribution in [-0.2, 0) is 38.0 Å². The lowest BCUT2D eigenvalue weighted by Crippen LogP contribution is -2.36. The maximum Gasteiger partial charge on any atom is 0.315 e. The predicted octanol–water partition coefficient (Wildman–Crippen LogP) is -0.692. The molecule has 0 spiro atoms. The highest BCUT2D eigenvalue weighted by Gasteiger charge is 2.42. The molecule has 6 N–H and O–H groups in total. The van der Waals surface area contributed by atoms with Gasteiger partial charge < -0.3 is 44.4 Å². The van der Waals surface area contributed by atoms with Crippen molar-refractivity contribution in [3.63, 3.8) is 0 Å². The first-order chi connectivity index (χ1) is 19.6. The van der Waals surface area contributed by atoms with E-state index in [1.807, 2.05) is 17.2 Å². The smallest absolute Gasteiger partial charge is 0.315 e. The van der Waals surface area contributed by atoms with Gasteiger partial charge in [0.1, 0.15) is 0 Å². The summed E-state index contributed by atoms with van der Waals surface area (Å²) in [6.07, 6.45) is 3.56. The molecule has 2 aliphatic rings. The van der Waals surface area contributed by atoms with Crippen molar-refractivity contribution >= 4 is 29.6 Å². The van der Waals surface area contributed by atoms with Gasteiger partial charge in [0.2, 0.25) is 11.8 Å². The second-order valence-corrected chi connectivity index (χ2v) is 10.5. The lowest BCUT2D eigenvalue weighted by atomic mass is 10.0. The predicted molar refractivity (Wildman–Crippen MR) is 149 cm³/mol. The highest BCUT2D eigenvalue weighted by atomic mass is 32.2. The number of hydrogen-bond donors (Lipinski definition) is 5. The molecule has 0 aromatic rings. The summed E-state index contributed by atoms with van der Waals surface area (Å²) in [6.45, 7) is 5.82. The molecule has 0 bridgehead atoms. The number of unbranched alkanes of at least 4 members (excludes halogenated alkanes) is 1. The Morgan fingerprint density at radius 1 is 0.750 bits per heavy atom. The van der Waals surface area contributed by atoms with Crippen LogP contribution in [0.4, 0.5) is 4.79 Å². The van der Waals surface area contributed by atoms with Crippen molar-refractivity contribution in [2.24, 2.45) is 5.84 Å². The van der Waals surface area contributed by atoms with Crippen LogP contribution >= 0.6 is 11.8 Å². The molecule has 0 saturated carbocycles. The number of urea groups is 1. The summed E-state index contributed by atoms with van der Waals surface area (Å²) in [5.74, 6) is 5.71. The van der Waals surface area contributed by atoms with E-state index in [4.69, 9.17) is 34.3 Å². The van der Waals surface area contributed by atoms with E-state index >= 15 is 0 Å². The van der Waals surface area contributed by atoms with E-state index < -0.39 is 0 Å². The fraction of sp³-hybridized carbons (Fsp3) is 0.880. The summed E-state index contributed by atoms with van der Waals surface area (Å²) in [5, 5.41) is 9.26. The van der Waals surface area contributed by atoms with Crippen LogP contribution in [0.3, 0.4) is 0 Å². The average molecular weight is 594 g/mol. The van der Waals surface area contributed by atoms with Crippen molar-refractivity contribution in [2.45, 2.75) is 49.4 Å². The van der Waals surface area contributed by atoms with E-state index in [9.17, 15) is 14.4 Å². The maximum absolute atomic E-state index is 12.0. The van der Waals surface area contributed by atoms with Gasteiger partial charge in [0.15, 0.2) is 0 Å². The number of carbonyl (C=O) groups excluding carboxylic acids is 3. The minimum absolute atomic E-state index is 0.0402. The van der Waals surface area contributed by atoms with Gasteiger partial charge in [-0.15, -0.1) is 0 Å². The molecule has 14 nitrogen and oxygen atoms in total. The first-order valence-electron chi connectivity index (χ1n) is 14.0. The molecule has 0 aromatic heterocycles. The highest BCUT2D eigenvalue weighted by molar-refractivity contribution is 8.00. The van der Waals surface area contributed by atoms with Gasteiger partial charge in [-0.25, -0.2) is 10.6 Å². The van der Waals surface area contributed by atoms with Crippen molar-refractivity contribution in [1.29, 1.82) is 0 Å². The summed E-state index contributed by atoms with van der Waals surface area (Å²) in [7, 11) is 0. The number of fused-ring (bicyclic) bond motifs is 1. The van der Waals surface area contributed by atoms with E-state index in [0.29, 0.717) is 97.5 Å². The Kier molecular flexibility index (Phi) is 19.7. The van der Waals surface area contributed by atoms with E-state index in [-0.39, 0.29) is 36.3 Å². The largest absolute Gasteiger partial charge is 0.379 e. The number of thioether (sulfide) groups is 1. The lowest BCUT2D eigenvalue weighted by Gasteiger charge is -2.16. The van der Waals surface area contributed by atoms with E-state index in [2.05, 4.69) is 16.0 Å². The third-order valence-corrected chi connectivity index (χ3v) is 7.65. The van der Waals surface area contributed by atoms with Gasteiger partial charge >= 0.3 is 6.03 Å². The van der Waals surface area contributed by atoms with Crippen molar-refractivity contribution in [2.75, 3.05) is 91.6 Å².